The van der Waals surface area contributed by atoms with Crippen molar-refractivity contribution in [3.05, 3.63) is 12.7 Å². The largest absolute Gasteiger partial charge is 0.481 e. The number of allylic oxidation sites excluding steroid dienone is 1. The lowest BCUT2D eigenvalue weighted by atomic mass is 9.89. The maximum absolute atomic E-state index is 10.8. The monoisotopic (exact) mass is 186 g/mol. The number of carboxylic acid groups (broad SMARTS) is 1. The second-order valence-corrected chi connectivity index (χ2v) is 3.23. The van der Waals surface area contributed by atoms with Gasteiger partial charge in [-0.1, -0.05) is 13.0 Å². The first-order valence-corrected chi connectivity index (χ1v) is 4.46. The third-order valence-electron chi connectivity index (χ3n) is 2.18. The van der Waals surface area contributed by atoms with Crippen LogP contribution in [-0.2, 0) is 9.53 Å². The number of hydrogen-bond donors (Lipinski definition) is 1. The molecule has 1 N–H and O–H groups in total. The van der Waals surface area contributed by atoms with E-state index in [2.05, 4.69) is 6.58 Å². The molecule has 76 valence electrons. The summed E-state index contributed by atoms with van der Waals surface area (Å²) in [4.78, 5) is 10.8. The van der Waals surface area contributed by atoms with Gasteiger partial charge in [-0.05, 0) is 18.8 Å². The lowest BCUT2D eigenvalue weighted by Crippen LogP contribution is -2.22. The second-order valence-electron chi connectivity index (χ2n) is 3.23. The molecule has 0 aliphatic rings. The molecule has 3 heteroatoms. The molecule has 0 amide bonds. The van der Waals surface area contributed by atoms with Crippen molar-refractivity contribution in [2.75, 3.05) is 13.7 Å². The van der Waals surface area contributed by atoms with Crippen molar-refractivity contribution in [3.8, 4) is 0 Å². The van der Waals surface area contributed by atoms with Gasteiger partial charge >= 0.3 is 5.97 Å². The Kier molecular flexibility index (Phi) is 6.24. The number of ether oxygens (including phenoxy) is 1. The highest BCUT2D eigenvalue weighted by Crippen LogP contribution is 2.19. The highest BCUT2D eigenvalue weighted by atomic mass is 16.5. The van der Waals surface area contributed by atoms with Gasteiger partial charge in [0.25, 0.3) is 0 Å². The molecule has 0 aromatic heterocycles. The molecular formula is C10H18O3. The van der Waals surface area contributed by atoms with Crippen molar-refractivity contribution in [1.82, 2.24) is 0 Å². The minimum atomic E-state index is -0.744. The molecule has 0 aliphatic carbocycles. The molecule has 2 unspecified atom stereocenters. The van der Waals surface area contributed by atoms with Crippen LogP contribution >= 0.6 is 0 Å². The molecule has 0 bridgehead atoms. The lowest BCUT2D eigenvalue weighted by Gasteiger charge is -2.17. The highest BCUT2D eigenvalue weighted by Gasteiger charge is 2.22. The Balaban J connectivity index is 4.06. The van der Waals surface area contributed by atoms with Crippen molar-refractivity contribution in [3.63, 3.8) is 0 Å². The summed E-state index contributed by atoms with van der Waals surface area (Å²) in [6.07, 6.45) is 3.06. The average molecular weight is 186 g/mol. The van der Waals surface area contributed by atoms with E-state index < -0.39 is 5.97 Å². The number of carboxylic acids is 1. The van der Waals surface area contributed by atoms with E-state index in [1.807, 2.05) is 6.92 Å². The van der Waals surface area contributed by atoms with Gasteiger partial charge in [-0.15, -0.1) is 6.58 Å². The topological polar surface area (TPSA) is 46.5 Å². The summed E-state index contributed by atoms with van der Waals surface area (Å²) in [6.45, 7) is 6.02. The number of hydrogen-bond acceptors (Lipinski definition) is 2. The zero-order valence-electron chi connectivity index (χ0n) is 8.32. The molecule has 0 rings (SSSR count). The maximum atomic E-state index is 10.8. The van der Waals surface area contributed by atoms with Gasteiger partial charge in [0, 0.05) is 13.7 Å². The Hall–Kier alpha value is -0.830. The molecule has 0 saturated heterocycles. The van der Waals surface area contributed by atoms with Crippen LogP contribution in [0.5, 0.6) is 0 Å². The third kappa shape index (κ3) is 4.68. The summed E-state index contributed by atoms with van der Waals surface area (Å²) >= 11 is 0. The molecule has 13 heavy (non-hydrogen) atoms. The number of rotatable bonds is 7. The fourth-order valence-corrected chi connectivity index (χ4v) is 1.32. The molecular weight excluding hydrogens is 168 g/mol. The van der Waals surface area contributed by atoms with E-state index >= 15 is 0 Å². The number of aliphatic carboxylic acids is 1. The van der Waals surface area contributed by atoms with E-state index in [1.165, 1.54) is 0 Å². The van der Waals surface area contributed by atoms with Gasteiger partial charge in [0.1, 0.15) is 0 Å². The maximum Gasteiger partial charge on any atom is 0.306 e. The smallest absolute Gasteiger partial charge is 0.306 e. The Morgan fingerprint density at radius 1 is 1.69 bits per heavy atom. The molecule has 0 radical (unpaired) electrons. The zero-order chi connectivity index (χ0) is 10.3. The van der Waals surface area contributed by atoms with E-state index in [4.69, 9.17) is 9.84 Å². The second kappa shape index (κ2) is 6.66. The molecule has 0 aromatic carbocycles. The summed E-state index contributed by atoms with van der Waals surface area (Å²) in [6, 6.07) is 0. The minimum Gasteiger partial charge on any atom is -0.481 e. The lowest BCUT2D eigenvalue weighted by molar-refractivity contribution is -0.144. The van der Waals surface area contributed by atoms with Crippen LogP contribution in [0.3, 0.4) is 0 Å². The Labute approximate surface area is 79.4 Å². The van der Waals surface area contributed by atoms with Crippen molar-refractivity contribution in [2.24, 2.45) is 11.8 Å². The van der Waals surface area contributed by atoms with Crippen LogP contribution in [-0.4, -0.2) is 24.8 Å². The molecule has 0 spiro atoms. The van der Waals surface area contributed by atoms with Gasteiger partial charge in [-0.25, -0.2) is 0 Å². The molecule has 0 aromatic rings. The third-order valence-corrected chi connectivity index (χ3v) is 2.18. The van der Waals surface area contributed by atoms with Crippen LogP contribution in [0.15, 0.2) is 12.7 Å². The van der Waals surface area contributed by atoms with Crippen LogP contribution < -0.4 is 0 Å². The first-order valence-electron chi connectivity index (χ1n) is 4.46. The normalized spacial score (nSPS) is 14.9. The quantitative estimate of drug-likeness (QED) is 0.618. The van der Waals surface area contributed by atoms with Crippen LogP contribution in [0.4, 0.5) is 0 Å². The van der Waals surface area contributed by atoms with Crippen molar-refractivity contribution in [1.29, 1.82) is 0 Å². The number of methoxy groups -OCH3 is 1. The summed E-state index contributed by atoms with van der Waals surface area (Å²) in [5, 5.41) is 8.91. The van der Waals surface area contributed by atoms with Crippen LogP contribution in [0.2, 0.25) is 0 Å². The summed E-state index contributed by atoms with van der Waals surface area (Å²) < 4.78 is 4.86. The Morgan fingerprint density at radius 2 is 2.31 bits per heavy atom. The fraction of sp³-hybridized carbons (Fsp3) is 0.700. The molecule has 0 aliphatic heterocycles. The molecule has 3 nitrogen and oxygen atoms in total. The average Bonchev–Trinajstić information content (AvgIpc) is 2.05. The van der Waals surface area contributed by atoms with Crippen molar-refractivity contribution < 1.29 is 14.6 Å². The first kappa shape index (κ1) is 12.2. The van der Waals surface area contributed by atoms with E-state index in [0.717, 1.165) is 6.42 Å². The van der Waals surface area contributed by atoms with E-state index in [0.29, 0.717) is 13.0 Å². The molecule has 0 heterocycles. The predicted octanol–water partition coefficient (Wildman–Crippen LogP) is 1.94. The van der Waals surface area contributed by atoms with Gasteiger partial charge in [0.05, 0.1) is 5.92 Å². The summed E-state index contributed by atoms with van der Waals surface area (Å²) in [5.74, 6) is -0.936. The van der Waals surface area contributed by atoms with Crippen molar-refractivity contribution >= 4 is 5.97 Å². The van der Waals surface area contributed by atoms with Crippen LogP contribution in [0.1, 0.15) is 19.8 Å². The standard InChI is InChI=1S/C10H18O3/c1-4-5-8(2)9(10(11)12)6-7-13-3/h4,8-9H,1,5-7H2,2-3H3,(H,11,12). The number of carbonyl (C=O) groups is 1. The highest BCUT2D eigenvalue weighted by molar-refractivity contribution is 5.70. The first-order chi connectivity index (χ1) is 6.13. The molecule has 0 saturated carbocycles. The molecule has 2 atom stereocenters. The van der Waals surface area contributed by atoms with Crippen molar-refractivity contribution in [2.45, 2.75) is 19.8 Å². The van der Waals surface area contributed by atoms with E-state index in [-0.39, 0.29) is 11.8 Å². The predicted molar refractivity (Wildman–Crippen MR) is 51.6 cm³/mol. The minimum absolute atomic E-state index is 0.130. The van der Waals surface area contributed by atoms with Gasteiger partial charge in [-0.3, -0.25) is 4.79 Å². The van der Waals surface area contributed by atoms with E-state index in [1.54, 1.807) is 13.2 Å². The van der Waals surface area contributed by atoms with Gasteiger partial charge in [0.15, 0.2) is 0 Å². The summed E-state index contributed by atoms with van der Waals surface area (Å²) in [7, 11) is 1.58. The fourth-order valence-electron chi connectivity index (χ4n) is 1.32. The molecule has 0 fully saturated rings. The van der Waals surface area contributed by atoms with Crippen LogP contribution in [0, 0.1) is 11.8 Å². The Bertz CT molecular complexity index is 166. The van der Waals surface area contributed by atoms with Gasteiger partial charge in [-0.2, -0.15) is 0 Å². The van der Waals surface area contributed by atoms with E-state index in [9.17, 15) is 4.79 Å². The van der Waals surface area contributed by atoms with Gasteiger partial charge < -0.3 is 9.84 Å². The zero-order valence-corrected chi connectivity index (χ0v) is 8.32. The van der Waals surface area contributed by atoms with Crippen LogP contribution in [0.25, 0.3) is 0 Å². The Morgan fingerprint density at radius 3 is 2.69 bits per heavy atom. The van der Waals surface area contributed by atoms with Gasteiger partial charge in [0.2, 0.25) is 0 Å². The SMILES string of the molecule is C=CCC(C)C(CCOC)C(=O)O. The summed E-state index contributed by atoms with van der Waals surface area (Å²) in [5.41, 5.74) is 0.